The van der Waals surface area contributed by atoms with Crippen LogP contribution in [0.2, 0.25) is 0 Å². The molecule has 1 aliphatic rings. The maximum atomic E-state index is 12.3. The molecule has 1 N–H and O–H groups in total. The Balaban J connectivity index is 1.46. The van der Waals surface area contributed by atoms with Gasteiger partial charge in [-0.3, -0.25) is 4.79 Å². The van der Waals surface area contributed by atoms with Crippen molar-refractivity contribution in [3.8, 4) is 5.75 Å². The van der Waals surface area contributed by atoms with E-state index in [4.69, 9.17) is 4.74 Å². The second-order valence-electron chi connectivity index (χ2n) is 6.74. The topological polar surface area (TPSA) is 38.3 Å². The van der Waals surface area contributed by atoms with Gasteiger partial charge in [0.2, 0.25) is 0 Å². The summed E-state index contributed by atoms with van der Waals surface area (Å²) in [6, 6.07) is 16.5. The van der Waals surface area contributed by atoms with Gasteiger partial charge in [0, 0.05) is 6.54 Å². The number of carbonyl (C=O) groups is 1. The molecule has 2 aromatic rings. The number of nitrogens with one attached hydrogen (secondary N) is 1. The fourth-order valence-electron chi connectivity index (χ4n) is 3.39. The summed E-state index contributed by atoms with van der Waals surface area (Å²) in [5, 5.41) is 2.99. The highest BCUT2D eigenvalue weighted by atomic mass is 16.5. The van der Waals surface area contributed by atoms with Gasteiger partial charge in [-0.2, -0.15) is 0 Å². The van der Waals surface area contributed by atoms with E-state index in [1.54, 1.807) is 0 Å². The Kier molecular flexibility index (Phi) is 6.10. The van der Waals surface area contributed by atoms with Crippen LogP contribution in [0.1, 0.15) is 42.9 Å². The summed E-state index contributed by atoms with van der Waals surface area (Å²) in [5.74, 6) is 0.839. The van der Waals surface area contributed by atoms with E-state index in [0.717, 1.165) is 31.4 Å². The molecule has 2 aromatic carbocycles. The first kappa shape index (κ1) is 17.5. The monoisotopic (exact) mass is 337 g/mol. The lowest BCUT2D eigenvalue weighted by atomic mass is 9.91. The van der Waals surface area contributed by atoms with Crippen LogP contribution in [-0.2, 0) is 24.1 Å². The Morgan fingerprint density at radius 1 is 1.08 bits per heavy atom. The van der Waals surface area contributed by atoms with Crippen molar-refractivity contribution >= 4 is 5.91 Å². The Morgan fingerprint density at radius 2 is 1.88 bits per heavy atom. The third kappa shape index (κ3) is 4.85. The number of carbonyl (C=O) groups excluding carboxylic acids is 1. The van der Waals surface area contributed by atoms with Crippen molar-refractivity contribution in [2.75, 3.05) is 6.54 Å². The van der Waals surface area contributed by atoms with Gasteiger partial charge >= 0.3 is 0 Å². The van der Waals surface area contributed by atoms with Crippen LogP contribution >= 0.6 is 0 Å². The molecule has 132 valence electrons. The summed E-state index contributed by atoms with van der Waals surface area (Å²) in [4.78, 5) is 12.3. The van der Waals surface area contributed by atoms with E-state index in [0.29, 0.717) is 6.54 Å². The standard InChI is InChI=1S/C22H27NO2/c1-17(22(24)23-16-8-11-18-9-3-2-4-10-18)25-21-15-7-13-19-12-5-6-14-20(19)21/h2-4,7,9-10,13,15,17H,5-6,8,11-12,14,16H2,1H3,(H,23,24). The third-order valence-corrected chi connectivity index (χ3v) is 4.81. The fraction of sp³-hybridized carbons (Fsp3) is 0.409. The lowest BCUT2D eigenvalue weighted by molar-refractivity contribution is -0.127. The first-order valence-corrected chi connectivity index (χ1v) is 9.33. The number of aryl methyl sites for hydroxylation is 2. The SMILES string of the molecule is CC(Oc1cccc2c1CCCC2)C(=O)NCCCc1ccccc1. The fourth-order valence-corrected chi connectivity index (χ4v) is 3.39. The Bertz CT molecular complexity index is 696. The molecule has 25 heavy (non-hydrogen) atoms. The summed E-state index contributed by atoms with van der Waals surface area (Å²) in [6.07, 6.45) is 6.06. The van der Waals surface area contributed by atoms with Crippen LogP contribution in [0.5, 0.6) is 5.75 Å². The highest BCUT2D eigenvalue weighted by molar-refractivity contribution is 5.80. The second-order valence-corrected chi connectivity index (χ2v) is 6.74. The van der Waals surface area contributed by atoms with E-state index in [9.17, 15) is 4.79 Å². The summed E-state index contributed by atoms with van der Waals surface area (Å²) in [5.41, 5.74) is 3.97. The average molecular weight is 337 g/mol. The average Bonchev–Trinajstić information content (AvgIpc) is 2.66. The molecular formula is C22H27NO2. The molecule has 0 saturated heterocycles. The van der Waals surface area contributed by atoms with Gasteiger partial charge in [0.1, 0.15) is 5.75 Å². The number of rotatable bonds is 7. The van der Waals surface area contributed by atoms with E-state index in [2.05, 4.69) is 23.5 Å². The van der Waals surface area contributed by atoms with Gasteiger partial charge in [0.25, 0.3) is 5.91 Å². The first-order chi connectivity index (χ1) is 12.2. The summed E-state index contributed by atoms with van der Waals surface area (Å²) < 4.78 is 5.98. The zero-order chi connectivity index (χ0) is 17.5. The van der Waals surface area contributed by atoms with Crippen LogP contribution in [0.15, 0.2) is 48.5 Å². The van der Waals surface area contributed by atoms with Crippen LogP contribution in [0.4, 0.5) is 0 Å². The van der Waals surface area contributed by atoms with E-state index in [-0.39, 0.29) is 5.91 Å². The molecule has 0 fully saturated rings. The highest BCUT2D eigenvalue weighted by Crippen LogP contribution is 2.30. The highest BCUT2D eigenvalue weighted by Gasteiger charge is 2.19. The first-order valence-electron chi connectivity index (χ1n) is 9.33. The molecule has 1 amide bonds. The van der Waals surface area contributed by atoms with Gasteiger partial charge in [-0.15, -0.1) is 0 Å². The molecule has 0 radical (unpaired) electrons. The smallest absolute Gasteiger partial charge is 0.260 e. The van der Waals surface area contributed by atoms with Crippen LogP contribution < -0.4 is 10.1 Å². The van der Waals surface area contributed by atoms with Crippen LogP contribution in [-0.4, -0.2) is 18.6 Å². The predicted molar refractivity (Wildman–Crippen MR) is 101 cm³/mol. The minimum atomic E-state index is -0.467. The van der Waals surface area contributed by atoms with E-state index in [1.807, 2.05) is 37.3 Å². The molecular weight excluding hydrogens is 310 g/mol. The van der Waals surface area contributed by atoms with Crippen molar-refractivity contribution in [1.82, 2.24) is 5.32 Å². The van der Waals surface area contributed by atoms with Gasteiger partial charge in [0.05, 0.1) is 0 Å². The largest absolute Gasteiger partial charge is 0.481 e. The zero-order valence-corrected chi connectivity index (χ0v) is 15.0. The van der Waals surface area contributed by atoms with E-state index < -0.39 is 6.10 Å². The van der Waals surface area contributed by atoms with Crippen LogP contribution in [0, 0.1) is 0 Å². The molecule has 0 bridgehead atoms. The van der Waals surface area contributed by atoms with Crippen LogP contribution in [0.3, 0.4) is 0 Å². The molecule has 0 aliphatic heterocycles. The molecule has 1 unspecified atom stereocenters. The molecule has 3 rings (SSSR count). The van der Waals surface area contributed by atoms with Gasteiger partial charge in [-0.25, -0.2) is 0 Å². The Morgan fingerprint density at radius 3 is 2.72 bits per heavy atom. The number of hydrogen-bond donors (Lipinski definition) is 1. The predicted octanol–water partition coefficient (Wildman–Crippen LogP) is 4.08. The van der Waals surface area contributed by atoms with Crippen molar-refractivity contribution < 1.29 is 9.53 Å². The van der Waals surface area contributed by atoms with Crippen molar-refractivity contribution in [3.63, 3.8) is 0 Å². The van der Waals surface area contributed by atoms with Crippen molar-refractivity contribution in [1.29, 1.82) is 0 Å². The minimum Gasteiger partial charge on any atom is -0.481 e. The minimum absolute atomic E-state index is 0.0403. The summed E-state index contributed by atoms with van der Waals surface area (Å²) >= 11 is 0. The number of fused-ring (bicyclic) bond motifs is 1. The molecule has 3 heteroatoms. The maximum Gasteiger partial charge on any atom is 0.260 e. The van der Waals surface area contributed by atoms with Gasteiger partial charge < -0.3 is 10.1 Å². The van der Waals surface area contributed by atoms with Crippen molar-refractivity contribution in [2.45, 2.75) is 51.6 Å². The Hall–Kier alpha value is -2.29. The molecule has 0 spiro atoms. The zero-order valence-electron chi connectivity index (χ0n) is 15.0. The molecule has 0 aromatic heterocycles. The maximum absolute atomic E-state index is 12.3. The summed E-state index contributed by atoms with van der Waals surface area (Å²) in [6.45, 7) is 2.50. The number of hydrogen-bond acceptors (Lipinski definition) is 2. The lowest BCUT2D eigenvalue weighted by Gasteiger charge is -2.22. The molecule has 1 atom stereocenters. The van der Waals surface area contributed by atoms with Crippen molar-refractivity contribution in [2.24, 2.45) is 0 Å². The number of amides is 1. The lowest BCUT2D eigenvalue weighted by Crippen LogP contribution is -2.37. The third-order valence-electron chi connectivity index (χ3n) is 4.81. The van der Waals surface area contributed by atoms with Gasteiger partial charge in [0.15, 0.2) is 6.10 Å². The van der Waals surface area contributed by atoms with E-state index >= 15 is 0 Å². The molecule has 3 nitrogen and oxygen atoms in total. The van der Waals surface area contributed by atoms with Gasteiger partial charge in [-0.1, -0.05) is 42.5 Å². The van der Waals surface area contributed by atoms with Crippen LogP contribution in [0.25, 0.3) is 0 Å². The molecule has 0 saturated carbocycles. The second kappa shape index (κ2) is 8.70. The van der Waals surface area contributed by atoms with E-state index in [1.165, 1.54) is 29.5 Å². The Labute approximate surface area is 150 Å². The summed E-state index contributed by atoms with van der Waals surface area (Å²) in [7, 11) is 0. The van der Waals surface area contributed by atoms with Gasteiger partial charge in [-0.05, 0) is 68.2 Å². The quantitative estimate of drug-likeness (QED) is 0.773. The molecule has 0 heterocycles. The number of ether oxygens (including phenoxy) is 1. The number of benzene rings is 2. The van der Waals surface area contributed by atoms with Crippen molar-refractivity contribution in [3.05, 3.63) is 65.2 Å². The normalized spacial score (nSPS) is 14.4. The molecule has 1 aliphatic carbocycles.